The molecular weight excluding hydrogens is 494 g/mol. The summed E-state index contributed by atoms with van der Waals surface area (Å²) in [5, 5.41) is 39.9. The molecule has 0 radical (unpaired) electrons. The number of nitrogens with zero attached hydrogens (tertiary/aromatic N) is 5. The van der Waals surface area contributed by atoms with Gasteiger partial charge in [0.05, 0.1) is 17.1 Å². The third-order valence-corrected chi connectivity index (χ3v) is 7.10. The molecule has 4 heterocycles. The molecule has 1 unspecified atom stereocenters. The molecule has 0 saturated carbocycles. The molecule has 5 N–H and O–H groups in total. The van der Waals surface area contributed by atoms with Crippen molar-refractivity contribution in [2.45, 2.75) is 18.0 Å². The van der Waals surface area contributed by atoms with Gasteiger partial charge in [-0.2, -0.15) is 9.55 Å². The van der Waals surface area contributed by atoms with Crippen LogP contribution in [-0.2, 0) is 20.9 Å². The first-order valence-corrected chi connectivity index (χ1v) is 11.5. The standard InChI is InChI=1S/C21H17N7O7S/c22-21-24-16(26-35-21)13(25-34)17(30)23-14-18(31)28-15(20(32)33)9(8-36-19(14)28)7-27-6-2-3-10-11(27)4-1-5-12(10)29/h1-6,14,19H,7-8H2,(H5,22,23,24,26,30,32,33,34)/t14?,19-/m1/s1. The number of aromatic nitrogens is 3. The number of amides is 2. The van der Waals surface area contributed by atoms with Crippen LogP contribution in [0.3, 0.4) is 0 Å². The third kappa shape index (κ3) is 3.74. The lowest BCUT2D eigenvalue weighted by molar-refractivity contribution is -0.663. The van der Waals surface area contributed by atoms with E-state index in [9.17, 15) is 29.8 Å². The summed E-state index contributed by atoms with van der Waals surface area (Å²) >= 11 is 1.25. The van der Waals surface area contributed by atoms with Gasteiger partial charge < -0.3 is 35.8 Å². The molecule has 2 amide bonds. The van der Waals surface area contributed by atoms with Gasteiger partial charge in [0.15, 0.2) is 12.7 Å². The fraction of sp³-hybridized carbons (Fsp3) is 0.190. The van der Waals surface area contributed by atoms with E-state index in [1.165, 1.54) is 11.8 Å². The Hall–Kier alpha value is -4.66. The van der Waals surface area contributed by atoms with Crippen LogP contribution in [0.1, 0.15) is 5.82 Å². The molecule has 0 spiro atoms. The number of hydrogen-bond acceptors (Lipinski definition) is 12. The van der Waals surface area contributed by atoms with Crippen LogP contribution >= 0.6 is 11.8 Å². The summed E-state index contributed by atoms with van der Waals surface area (Å²) in [6, 6.07) is 7.01. The molecule has 0 bridgehead atoms. The summed E-state index contributed by atoms with van der Waals surface area (Å²) < 4.78 is 6.32. The molecule has 2 aliphatic rings. The number of thioether (sulfide) groups is 1. The molecular formula is C21H17N7O7S. The Morgan fingerprint density at radius 3 is 2.86 bits per heavy atom. The number of pyridine rings is 1. The minimum Gasteiger partial charge on any atom is -0.543 e. The van der Waals surface area contributed by atoms with Crippen LogP contribution in [0.25, 0.3) is 10.9 Å². The number of carbonyl (C=O) groups excluding carboxylic acids is 3. The average Bonchev–Trinajstić information content (AvgIpc) is 3.28. The van der Waals surface area contributed by atoms with Crippen molar-refractivity contribution in [2.24, 2.45) is 5.16 Å². The molecule has 15 heteroatoms. The molecule has 14 nitrogen and oxygen atoms in total. The van der Waals surface area contributed by atoms with Gasteiger partial charge in [-0.3, -0.25) is 14.5 Å². The fourth-order valence-electron chi connectivity index (χ4n) is 4.16. The Labute approximate surface area is 205 Å². The number of phenols is 1. The number of carbonyl (C=O) groups is 3. The first-order valence-electron chi connectivity index (χ1n) is 10.4. The van der Waals surface area contributed by atoms with Crippen molar-refractivity contribution in [3.8, 4) is 5.75 Å². The lowest BCUT2D eigenvalue weighted by Crippen LogP contribution is -2.71. The molecule has 0 aliphatic carbocycles. The zero-order chi connectivity index (χ0) is 25.6. The molecule has 1 aromatic carbocycles. The number of phenolic OH excluding ortho intramolecular Hbond substituents is 1. The molecule has 5 rings (SSSR count). The van der Waals surface area contributed by atoms with Crippen LogP contribution in [0.2, 0.25) is 0 Å². The number of carboxylic acids is 1. The van der Waals surface area contributed by atoms with Gasteiger partial charge in [-0.15, -0.1) is 11.8 Å². The monoisotopic (exact) mass is 511 g/mol. The Balaban J connectivity index is 1.39. The topological polar surface area (TPSA) is 211 Å². The lowest BCUT2D eigenvalue weighted by atomic mass is 10.0. The largest absolute Gasteiger partial charge is 0.543 e. The second kappa shape index (κ2) is 8.84. The zero-order valence-electron chi connectivity index (χ0n) is 18.2. The van der Waals surface area contributed by atoms with Crippen LogP contribution in [0.5, 0.6) is 5.75 Å². The van der Waals surface area contributed by atoms with Gasteiger partial charge in [0.2, 0.25) is 17.1 Å². The van der Waals surface area contributed by atoms with Crippen molar-refractivity contribution in [3.63, 3.8) is 0 Å². The summed E-state index contributed by atoms with van der Waals surface area (Å²) in [5.74, 6) is -3.26. The highest BCUT2D eigenvalue weighted by atomic mass is 32.2. The number of anilines is 1. The van der Waals surface area contributed by atoms with Crippen LogP contribution in [-0.4, -0.2) is 66.0 Å². The van der Waals surface area contributed by atoms with Crippen molar-refractivity contribution in [3.05, 3.63) is 53.6 Å². The van der Waals surface area contributed by atoms with Crippen LogP contribution < -0.4 is 20.7 Å². The summed E-state index contributed by atoms with van der Waals surface area (Å²) in [6.45, 7) is 0.130. The molecule has 36 heavy (non-hydrogen) atoms. The molecule has 2 aromatic heterocycles. The van der Waals surface area contributed by atoms with Gasteiger partial charge in [0.1, 0.15) is 17.2 Å². The van der Waals surface area contributed by atoms with Gasteiger partial charge in [0, 0.05) is 23.5 Å². The molecule has 2 atom stereocenters. The summed E-state index contributed by atoms with van der Waals surface area (Å²) in [6.07, 6.45) is 1.74. The van der Waals surface area contributed by atoms with E-state index in [-0.39, 0.29) is 35.6 Å². The second-order valence-electron chi connectivity index (χ2n) is 7.85. The van der Waals surface area contributed by atoms with Gasteiger partial charge >= 0.3 is 6.01 Å². The zero-order valence-corrected chi connectivity index (χ0v) is 19.0. The Morgan fingerprint density at radius 2 is 2.17 bits per heavy atom. The SMILES string of the molecule is Nc1nc(/C(=N/O)C(=O)NC2C(=O)N3C(C(=O)[O-])=C(C[n+]4cccc5c(O)cccc54)CS[C@H]23)no1. The lowest BCUT2D eigenvalue weighted by Gasteiger charge is -2.50. The molecule has 1 fully saturated rings. The quantitative estimate of drug-likeness (QED) is 0.0941. The van der Waals surface area contributed by atoms with E-state index >= 15 is 0 Å². The maximum atomic E-state index is 12.9. The fourth-order valence-corrected chi connectivity index (χ4v) is 5.49. The normalized spacial score (nSPS) is 19.7. The first kappa shape index (κ1) is 23.1. The highest BCUT2D eigenvalue weighted by Crippen LogP contribution is 2.40. The minimum atomic E-state index is -1.53. The maximum absolute atomic E-state index is 12.9. The van der Waals surface area contributed by atoms with Gasteiger partial charge in [-0.1, -0.05) is 16.4 Å². The number of nitrogen functional groups attached to an aromatic ring is 1. The smallest absolute Gasteiger partial charge is 0.319 e. The van der Waals surface area contributed by atoms with E-state index in [1.54, 1.807) is 41.1 Å². The van der Waals surface area contributed by atoms with Gasteiger partial charge in [0.25, 0.3) is 11.8 Å². The number of β-lactam (4-membered cyclic amide) rings is 1. The van der Waals surface area contributed by atoms with Gasteiger partial charge in [-0.05, 0) is 12.1 Å². The Morgan fingerprint density at radius 1 is 1.36 bits per heavy atom. The molecule has 3 aromatic rings. The van der Waals surface area contributed by atoms with Crippen LogP contribution in [0.4, 0.5) is 6.01 Å². The van der Waals surface area contributed by atoms with Crippen LogP contribution in [0, 0.1) is 0 Å². The Kier molecular flexibility index (Phi) is 5.68. The summed E-state index contributed by atoms with van der Waals surface area (Å²) in [7, 11) is 0. The molecule has 184 valence electrons. The number of aliphatic carboxylic acids is 1. The van der Waals surface area contributed by atoms with E-state index in [0.29, 0.717) is 16.5 Å². The predicted octanol–water partition coefficient (Wildman–Crippen LogP) is -1.92. The van der Waals surface area contributed by atoms with E-state index in [4.69, 9.17) is 5.73 Å². The van der Waals surface area contributed by atoms with Crippen LogP contribution in [0.15, 0.2) is 57.5 Å². The number of hydrogen-bond donors (Lipinski definition) is 4. The number of benzene rings is 1. The van der Waals surface area contributed by atoms with E-state index in [0.717, 1.165) is 4.90 Å². The second-order valence-corrected chi connectivity index (χ2v) is 8.96. The molecule has 2 aliphatic heterocycles. The number of oxime groups is 1. The highest BCUT2D eigenvalue weighted by molar-refractivity contribution is 8.00. The number of carboxylic acid groups (broad SMARTS) is 1. The maximum Gasteiger partial charge on any atom is 0.319 e. The van der Waals surface area contributed by atoms with Gasteiger partial charge in [-0.25, -0.2) is 0 Å². The van der Waals surface area contributed by atoms with E-state index in [2.05, 4.69) is 25.1 Å². The summed E-state index contributed by atoms with van der Waals surface area (Å²) in [4.78, 5) is 42.2. The predicted molar refractivity (Wildman–Crippen MR) is 120 cm³/mol. The number of nitrogens with two attached hydrogens (primary N) is 1. The van der Waals surface area contributed by atoms with Crippen molar-refractivity contribution >= 4 is 52.2 Å². The molecule has 1 saturated heterocycles. The number of fused-ring (bicyclic) bond motifs is 2. The first-order chi connectivity index (χ1) is 17.3. The highest BCUT2D eigenvalue weighted by Gasteiger charge is 2.53. The number of aromatic hydroxyl groups is 1. The number of rotatable bonds is 6. The van der Waals surface area contributed by atoms with Crippen molar-refractivity contribution in [2.75, 3.05) is 11.5 Å². The average molecular weight is 511 g/mol. The van der Waals surface area contributed by atoms with E-state index < -0.39 is 34.9 Å². The number of nitrogens with one attached hydrogen (secondary N) is 1. The van der Waals surface area contributed by atoms with Crippen molar-refractivity contribution in [1.29, 1.82) is 0 Å². The minimum absolute atomic E-state index is 0.0832. The summed E-state index contributed by atoms with van der Waals surface area (Å²) in [5.41, 5.74) is 5.51. The van der Waals surface area contributed by atoms with Crippen molar-refractivity contribution in [1.82, 2.24) is 20.4 Å². The third-order valence-electron chi connectivity index (χ3n) is 5.76. The van der Waals surface area contributed by atoms with E-state index in [1.807, 2.05) is 0 Å². The van der Waals surface area contributed by atoms with Crippen molar-refractivity contribution < 1.29 is 38.9 Å². The Bertz CT molecular complexity index is 1480.